The van der Waals surface area contributed by atoms with Crippen molar-refractivity contribution in [2.24, 2.45) is 11.3 Å². The van der Waals surface area contributed by atoms with Gasteiger partial charge < -0.3 is 0 Å². The first kappa shape index (κ1) is 20.5. The number of hydrogen-bond acceptors (Lipinski definition) is 2. The van der Waals surface area contributed by atoms with Crippen LogP contribution < -0.4 is 0 Å². The Morgan fingerprint density at radius 3 is 2.52 bits per heavy atom. The van der Waals surface area contributed by atoms with Gasteiger partial charge in [-0.1, -0.05) is 49.8 Å². The summed E-state index contributed by atoms with van der Waals surface area (Å²) < 4.78 is -0.0608. The molecule has 2 heteroatoms. The molecular weight excluding hydrogens is 348 g/mol. The second kappa shape index (κ2) is 8.39. The molecule has 3 rings (SSSR count). The van der Waals surface area contributed by atoms with Gasteiger partial charge >= 0.3 is 0 Å². The first-order chi connectivity index (χ1) is 12.8. The van der Waals surface area contributed by atoms with Gasteiger partial charge in [-0.05, 0) is 81.4 Å². The molecule has 0 amide bonds. The first-order valence-electron chi connectivity index (χ1n) is 10.4. The predicted octanol–water partition coefficient (Wildman–Crippen LogP) is 7.38. The van der Waals surface area contributed by atoms with E-state index in [1.54, 1.807) is 0 Å². The quantitative estimate of drug-likeness (QED) is 0.496. The Kier molecular flexibility index (Phi) is 6.35. The summed E-state index contributed by atoms with van der Waals surface area (Å²) in [7, 11) is 0. The monoisotopic (exact) mass is 382 g/mol. The van der Waals surface area contributed by atoms with Crippen molar-refractivity contribution in [3.05, 3.63) is 53.6 Å². The fourth-order valence-corrected chi connectivity index (χ4v) is 5.73. The molecule has 0 aliphatic heterocycles. The largest absolute Gasteiger partial charge is 0.295 e. The maximum atomic E-state index is 13.3. The van der Waals surface area contributed by atoms with Crippen molar-refractivity contribution in [2.75, 3.05) is 0 Å². The standard InChI is InChI=1S/C25H34OS/c1-19-9-8-15-25(4,27-22-10-6-5-7-11-22)18-23(26)21-13-12-20(2)24(3,17-21)16-14-19/h5-7,9-11,13,20H,8,12,14-18H2,1-4H3/b19-9-/t20-,24-,25-/m1/s1. The number of allylic oxidation sites excluding steroid dienone is 4. The van der Waals surface area contributed by atoms with Crippen molar-refractivity contribution in [1.29, 1.82) is 0 Å². The number of hydrogen-bond donors (Lipinski definition) is 0. The molecule has 1 aromatic rings. The molecule has 0 unspecified atom stereocenters. The maximum Gasteiger partial charge on any atom is 0.159 e. The highest BCUT2D eigenvalue weighted by Crippen LogP contribution is 2.47. The van der Waals surface area contributed by atoms with Crippen LogP contribution in [0.3, 0.4) is 0 Å². The summed E-state index contributed by atoms with van der Waals surface area (Å²) in [5, 5.41) is 0. The predicted molar refractivity (Wildman–Crippen MR) is 117 cm³/mol. The summed E-state index contributed by atoms with van der Waals surface area (Å²) >= 11 is 1.88. The smallest absolute Gasteiger partial charge is 0.159 e. The van der Waals surface area contributed by atoms with Crippen LogP contribution in [0.1, 0.15) is 72.6 Å². The first-order valence-corrected chi connectivity index (χ1v) is 11.2. The molecule has 0 radical (unpaired) electrons. The van der Waals surface area contributed by atoms with Crippen molar-refractivity contribution in [1.82, 2.24) is 0 Å². The second-order valence-corrected chi connectivity index (χ2v) is 10.9. The van der Waals surface area contributed by atoms with E-state index in [-0.39, 0.29) is 10.2 Å². The molecule has 0 fully saturated rings. The molecule has 146 valence electrons. The minimum Gasteiger partial charge on any atom is -0.295 e. The summed E-state index contributed by atoms with van der Waals surface area (Å²) in [6, 6.07) is 10.6. The minimum atomic E-state index is -0.0608. The Hall–Kier alpha value is -1.28. The maximum absolute atomic E-state index is 13.3. The molecule has 2 aliphatic carbocycles. The van der Waals surface area contributed by atoms with E-state index >= 15 is 0 Å². The minimum absolute atomic E-state index is 0.0608. The lowest BCUT2D eigenvalue weighted by Crippen LogP contribution is -2.33. The number of fused-ring (bicyclic) bond motifs is 2. The molecule has 0 spiro atoms. The van der Waals surface area contributed by atoms with E-state index in [2.05, 4.69) is 70.2 Å². The van der Waals surface area contributed by atoms with Gasteiger partial charge in [0.2, 0.25) is 0 Å². The molecule has 27 heavy (non-hydrogen) atoms. The zero-order chi connectivity index (χ0) is 19.5. The van der Waals surface area contributed by atoms with Gasteiger partial charge in [0.05, 0.1) is 0 Å². The number of rotatable bonds is 2. The van der Waals surface area contributed by atoms with Gasteiger partial charge in [-0.25, -0.2) is 0 Å². The summed E-state index contributed by atoms with van der Waals surface area (Å²) in [5.74, 6) is 1.02. The number of carbonyl (C=O) groups is 1. The van der Waals surface area contributed by atoms with E-state index in [0.717, 1.165) is 37.7 Å². The number of Topliss-reactive ketones (excluding diaryl/α,β-unsaturated/α-hetero) is 1. The Labute approximate surface area is 169 Å². The van der Waals surface area contributed by atoms with Crippen LogP contribution in [0.15, 0.2) is 58.5 Å². The van der Waals surface area contributed by atoms with Crippen molar-refractivity contribution < 1.29 is 4.79 Å². The van der Waals surface area contributed by atoms with Crippen LogP contribution >= 0.6 is 11.8 Å². The van der Waals surface area contributed by atoms with Gasteiger partial charge in [-0.2, -0.15) is 0 Å². The molecule has 2 aliphatic rings. The zero-order valence-electron chi connectivity index (χ0n) is 17.4. The highest BCUT2D eigenvalue weighted by atomic mass is 32.2. The molecule has 0 aromatic heterocycles. The lowest BCUT2D eigenvalue weighted by molar-refractivity contribution is -0.116. The normalized spacial score (nSPS) is 34.7. The number of carbonyl (C=O) groups excluding carboxylic acids is 1. The fourth-order valence-electron chi connectivity index (χ4n) is 4.44. The lowest BCUT2D eigenvalue weighted by Gasteiger charge is -2.40. The third kappa shape index (κ3) is 5.16. The molecule has 0 saturated carbocycles. The SMILES string of the molecule is C/C1=C/CC[C@@](C)(Sc2ccccc2)CC(=O)C2=CC[C@@H](C)[C@](C)(CC1)C2. The average Bonchev–Trinajstić information content (AvgIpc) is 2.62. The Balaban J connectivity index is 1.88. The highest BCUT2D eigenvalue weighted by Gasteiger charge is 2.38. The molecule has 1 nitrogen and oxygen atoms in total. The van der Waals surface area contributed by atoms with Gasteiger partial charge in [0.1, 0.15) is 0 Å². The van der Waals surface area contributed by atoms with Gasteiger partial charge in [0, 0.05) is 16.1 Å². The third-order valence-corrected chi connectivity index (χ3v) is 8.11. The Bertz CT molecular complexity index is 732. The summed E-state index contributed by atoms with van der Waals surface area (Å²) in [6.45, 7) is 9.32. The van der Waals surface area contributed by atoms with Crippen molar-refractivity contribution in [3.63, 3.8) is 0 Å². The molecule has 2 bridgehead atoms. The van der Waals surface area contributed by atoms with E-state index < -0.39 is 0 Å². The van der Waals surface area contributed by atoms with E-state index in [1.165, 1.54) is 16.9 Å². The molecule has 0 N–H and O–H groups in total. The Morgan fingerprint density at radius 2 is 1.78 bits per heavy atom. The van der Waals surface area contributed by atoms with Gasteiger partial charge in [-0.15, -0.1) is 11.8 Å². The molecule has 1 aromatic carbocycles. The Morgan fingerprint density at radius 1 is 1.04 bits per heavy atom. The van der Waals surface area contributed by atoms with Gasteiger partial charge in [-0.3, -0.25) is 4.79 Å². The van der Waals surface area contributed by atoms with E-state index in [0.29, 0.717) is 18.1 Å². The van der Waals surface area contributed by atoms with Crippen LogP contribution in [-0.4, -0.2) is 10.5 Å². The summed E-state index contributed by atoms with van der Waals surface area (Å²) in [6.07, 6.45) is 11.7. The molecule has 0 heterocycles. The van der Waals surface area contributed by atoms with Crippen LogP contribution in [0, 0.1) is 11.3 Å². The van der Waals surface area contributed by atoms with E-state index in [9.17, 15) is 4.79 Å². The summed E-state index contributed by atoms with van der Waals surface area (Å²) in [5.41, 5.74) is 2.85. The number of thioether (sulfide) groups is 1. The molecular formula is C25H34OS. The van der Waals surface area contributed by atoms with Crippen molar-refractivity contribution >= 4 is 17.5 Å². The second-order valence-electron chi connectivity index (χ2n) is 9.25. The van der Waals surface area contributed by atoms with E-state index in [1.807, 2.05) is 11.8 Å². The van der Waals surface area contributed by atoms with Crippen LogP contribution in [0.5, 0.6) is 0 Å². The third-order valence-electron chi connectivity index (χ3n) is 6.76. The number of benzene rings is 1. The zero-order valence-corrected chi connectivity index (χ0v) is 18.2. The number of ketones is 1. The van der Waals surface area contributed by atoms with Crippen LogP contribution in [0.2, 0.25) is 0 Å². The molecule has 0 saturated heterocycles. The fraction of sp³-hybridized carbons (Fsp3) is 0.560. The van der Waals surface area contributed by atoms with Crippen molar-refractivity contribution in [3.8, 4) is 0 Å². The van der Waals surface area contributed by atoms with Gasteiger partial charge in [0.15, 0.2) is 5.78 Å². The van der Waals surface area contributed by atoms with Crippen LogP contribution in [0.25, 0.3) is 0 Å². The molecule has 3 atom stereocenters. The summed E-state index contributed by atoms with van der Waals surface area (Å²) in [4.78, 5) is 14.5. The average molecular weight is 383 g/mol. The van der Waals surface area contributed by atoms with Crippen molar-refractivity contribution in [2.45, 2.75) is 82.3 Å². The highest BCUT2D eigenvalue weighted by molar-refractivity contribution is 8.00. The van der Waals surface area contributed by atoms with Crippen LogP contribution in [0.4, 0.5) is 0 Å². The van der Waals surface area contributed by atoms with E-state index in [4.69, 9.17) is 0 Å². The van der Waals surface area contributed by atoms with Crippen LogP contribution in [-0.2, 0) is 4.79 Å². The van der Waals surface area contributed by atoms with Gasteiger partial charge in [0.25, 0.3) is 0 Å². The topological polar surface area (TPSA) is 17.1 Å². The lowest BCUT2D eigenvalue weighted by atomic mass is 9.65.